The molecule has 0 bridgehead atoms. The van der Waals surface area contributed by atoms with E-state index in [9.17, 15) is 9.59 Å². The van der Waals surface area contributed by atoms with Crippen molar-refractivity contribution in [2.24, 2.45) is 0 Å². The quantitative estimate of drug-likeness (QED) is 0.860. The third kappa shape index (κ3) is 3.53. The lowest BCUT2D eigenvalue weighted by atomic mass is 9.94. The highest BCUT2D eigenvalue weighted by molar-refractivity contribution is 5.98. The van der Waals surface area contributed by atoms with Gasteiger partial charge in [0.25, 0.3) is 5.91 Å². The molecule has 1 heterocycles. The van der Waals surface area contributed by atoms with Crippen LogP contribution < -0.4 is 5.73 Å². The van der Waals surface area contributed by atoms with Gasteiger partial charge >= 0.3 is 0 Å². The van der Waals surface area contributed by atoms with E-state index in [1.54, 1.807) is 11.9 Å². The van der Waals surface area contributed by atoms with Gasteiger partial charge in [-0.3, -0.25) is 14.7 Å². The molecule has 1 aromatic rings. The maximum Gasteiger partial charge on any atom is 0.274 e. The Bertz CT molecular complexity index is 507. The van der Waals surface area contributed by atoms with Crippen LogP contribution in [0.25, 0.3) is 0 Å². The van der Waals surface area contributed by atoms with Crippen molar-refractivity contribution in [2.45, 2.75) is 38.1 Å². The molecule has 7 nitrogen and oxygen atoms in total. The number of carbonyl (C=O) groups is 2. The molecule has 1 saturated carbocycles. The predicted molar refractivity (Wildman–Crippen MR) is 79.6 cm³/mol. The molecule has 2 amide bonds. The van der Waals surface area contributed by atoms with Gasteiger partial charge in [0.2, 0.25) is 5.91 Å². The lowest BCUT2D eigenvalue weighted by Crippen LogP contribution is -2.44. The Morgan fingerprint density at radius 2 is 2.00 bits per heavy atom. The number of aromatic amines is 1. The van der Waals surface area contributed by atoms with Crippen LogP contribution in [-0.2, 0) is 4.79 Å². The summed E-state index contributed by atoms with van der Waals surface area (Å²) in [6.45, 7) is 0.0459. The highest BCUT2D eigenvalue weighted by atomic mass is 16.2. The molecule has 21 heavy (non-hydrogen) atoms. The monoisotopic (exact) mass is 293 g/mol. The molecule has 3 N–H and O–H groups in total. The van der Waals surface area contributed by atoms with E-state index in [2.05, 4.69) is 10.2 Å². The van der Waals surface area contributed by atoms with Gasteiger partial charge < -0.3 is 15.5 Å². The van der Waals surface area contributed by atoms with Crippen LogP contribution >= 0.6 is 0 Å². The molecule has 116 valence electrons. The standard InChI is InChI=1S/C14H23N5O2/c1-18(14(21)13-11(15)8-16-17-13)9-12(20)19(2)10-6-4-3-5-7-10/h8,10H,3-7,9,15H2,1-2H3,(H,16,17). The van der Waals surface area contributed by atoms with Gasteiger partial charge in [0.15, 0.2) is 0 Å². The Morgan fingerprint density at radius 3 is 2.57 bits per heavy atom. The van der Waals surface area contributed by atoms with Gasteiger partial charge in [0.05, 0.1) is 18.4 Å². The van der Waals surface area contributed by atoms with E-state index in [0.717, 1.165) is 12.8 Å². The molecule has 0 aliphatic heterocycles. The van der Waals surface area contributed by atoms with Crippen molar-refractivity contribution in [3.8, 4) is 0 Å². The number of nitrogen functional groups attached to an aromatic ring is 1. The Kier molecular flexibility index (Phi) is 4.82. The number of carbonyl (C=O) groups excluding carboxylic acids is 2. The summed E-state index contributed by atoms with van der Waals surface area (Å²) in [5, 5.41) is 6.28. The molecule has 0 radical (unpaired) electrons. The number of nitrogens with two attached hydrogens (primary N) is 1. The maximum atomic E-state index is 12.3. The van der Waals surface area contributed by atoms with E-state index in [0.29, 0.717) is 11.7 Å². The van der Waals surface area contributed by atoms with Crippen LogP contribution in [0.1, 0.15) is 42.6 Å². The van der Waals surface area contributed by atoms with Crippen LogP contribution in [0.5, 0.6) is 0 Å². The number of aromatic nitrogens is 2. The molecule has 0 spiro atoms. The Balaban J connectivity index is 1.92. The number of nitrogens with one attached hydrogen (secondary N) is 1. The number of hydrogen-bond acceptors (Lipinski definition) is 4. The molecule has 0 saturated heterocycles. The molecule has 2 rings (SSSR count). The normalized spacial score (nSPS) is 15.7. The highest BCUT2D eigenvalue weighted by Gasteiger charge is 2.25. The van der Waals surface area contributed by atoms with Gasteiger partial charge in [-0.15, -0.1) is 0 Å². The molecule has 1 aliphatic rings. The largest absolute Gasteiger partial charge is 0.396 e. The van der Waals surface area contributed by atoms with Gasteiger partial charge in [-0.25, -0.2) is 0 Å². The number of nitrogens with zero attached hydrogens (tertiary/aromatic N) is 3. The van der Waals surface area contributed by atoms with Crippen molar-refractivity contribution in [1.82, 2.24) is 20.0 Å². The van der Waals surface area contributed by atoms with E-state index in [1.807, 2.05) is 7.05 Å². The van der Waals surface area contributed by atoms with Gasteiger partial charge in [0.1, 0.15) is 5.69 Å². The summed E-state index contributed by atoms with van der Waals surface area (Å²) in [7, 11) is 3.41. The van der Waals surface area contributed by atoms with Gasteiger partial charge in [0, 0.05) is 20.1 Å². The molecule has 1 aliphatic carbocycles. The zero-order chi connectivity index (χ0) is 15.4. The van der Waals surface area contributed by atoms with E-state index < -0.39 is 0 Å². The third-order valence-electron chi connectivity index (χ3n) is 4.12. The zero-order valence-electron chi connectivity index (χ0n) is 12.6. The second-order valence-corrected chi connectivity index (χ2v) is 5.66. The minimum absolute atomic E-state index is 0.0455. The minimum Gasteiger partial charge on any atom is -0.396 e. The van der Waals surface area contributed by atoms with Crippen LogP contribution in [0.3, 0.4) is 0 Å². The van der Waals surface area contributed by atoms with Crippen molar-refractivity contribution in [1.29, 1.82) is 0 Å². The number of hydrogen-bond donors (Lipinski definition) is 2. The second kappa shape index (κ2) is 6.60. The summed E-state index contributed by atoms with van der Waals surface area (Å²) in [6, 6.07) is 0.298. The molecular formula is C14H23N5O2. The first-order valence-electron chi connectivity index (χ1n) is 7.30. The molecule has 1 aromatic heterocycles. The van der Waals surface area contributed by atoms with Crippen LogP contribution in [0.2, 0.25) is 0 Å². The first-order valence-corrected chi connectivity index (χ1v) is 7.30. The van der Waals surface area contributed by atoms with Crippen molar-refractivity contribution in [2.75, 3.05) is 26.4 Å². The fraction of sp³-hybridized carbons (Fsp3) is 0.643. The van der Waals surface area contributed by atoms with Crippen LogP contribution in [0.15, 0.2) is 6.20 Å². The summed E-state index contributed by atoms with van der Waals surface area (Å²) in [6.07, 6.45) is 7.07. The molecular weight excluding hydrogens is 270 g/mol. The molecule has 0 atom stereocenters. The minimum atomic E-state index is -0.324. The Hall–Kier alpha value is -2.05. The van der Waals surface area contributed by atoms with Crippen LogP contribution in [0, 0.1) is 0 Å². The predicted octanol–water partition coefficient (Wildman–Crippen LogP) is 0.855. The van der Waals surface area contributed by atoms with E-state index >= 15 is 0 Å². The van der Waals surface area contributed by atoms with E-state index in [1.165, 1.54) is 30.4 Å². The fourth-order valence-corrected chi connectivity index (χ4v) is 2.72. The van der Waals surface area contributed by atoms with E-state index in [4.69, 9.17) is 5.73 Å². The first-order chi connectivity index (χ1) is 10.0. The van der Waals surface area contributed by atoms with Crippen molar-refractivity contribution in [3.05, 3.63) is 11.9 Å². The average Bonchev–Trinajstić information content (AvgIpc) is 2.92. The summed E-state index contributed by atoms with van der Waals surface area (Å²) in [5.41, 5.74) is 6.17. The third-order valence-corrected chi connectivity index (χ3v) is 4.12. The average molecular weight is 293 g/mol. The highest BCUT2D eigenvalue weighted by Crippen LogP contribution is 2.21. The zero-order valence-corrected chi connectivity index (χ0v) is 12.6. The Morgan fingerprint density at radius 1 is 1.33 bits per heavy atom. The summed E-state index contributed by atoms with van der Waals surface area (Å²) in [5.74, 6) is -0.369. The summed E-state index contributed by atoms with van der Waals surface area (Å²) >= 11 is 0. The van der Waals surface area contributed by atoms with Crippen molar-refractivity contribution in [3.63, 3.8) is 0 Å². The van der Waals surface area contributed by atoms with E-state index in [-0.39, 0.29) is 24.1 Å². The van der Waals surface area contributed by atoms with Gasteiger partial charge in [-0.1, -0.05) is 19.3 Å². The van der Waals surface area contributed by atoms with Gasteiger partial charge in [-0.05, 0) is 12.8 Å². The smallest absolute Gasteiger partial charge is 0.274 e. The SMILES string of the molecule is CN(CC(=O)N(C)C1CCCCC1)C(=O)c1[nH]ncc1N. The molecule has 0 aromatic carbocycles. The van der Waals surface area contributed by atoms with Gasteiger partial charge in [-0.2, -0.15) is 5.10 Å². The molecule has 7 heteroatoms. The fourth-order valence-electron chi connectivity index (χ4n) is 2.72. The Labute approximate surface area is 124 Å². The number of likely N-dealkylation sites (N-methyl/N-ethyl adjacent to an activating group) is 2. The lowest BCUT2D eigenvalue weighted by molar-refractivity contribution is -0.133. The maximum absolute atomic E-state index is 12.3. The lowest BCUT2D eigenvalue weighted by Gasteiger charge is -2.32. The summed E-state index contributed by atoms with van der Waals surface area (Å²) < 4.78 is 0. The number of anilines is 1. The number of rotatable bonds is 4. The number of amides is 2. The first kappa shape index (κ1) is 15.3. The van der Waals surface area contributed by atoms with Crippen LogP contribution in [0.4, 0.5) is 5.69 Å². The number of H-pyrrole nitrogens is 1. The molecule has 0 unspecified atom stereocenters. The molecule has 1 fully saturated rings. The van der Waals surface area contributed by atoms with Crippen molar-refractivity contribution >= 4 is 17.5 Å². The second-order valence-electron chi connectivity index (χ2n) is 5.66. The van der Waals surface area contributed by atoms with Crippen molar-refractivity contribution < 1.29 is 9.59 Å². The summed E-state index contributed by atoms with van der Waals surface area (Å²) in [4.78, 5) is 27.6. The van der Waals surface area contributed by atoms with Crippen LogP contribution in [-0.4, -0.2) is 58.5 Å². The topological polar surface area (TPSA) is 95.3 Å².